The van der Waals surface area contributed by atoms with Gasteiger partial charge in [0.1, 0.15) is 5.84 Å². The lowest BCUT2D eigenvalue weighted by atomic mass is 9.91. The highest BCUT2D eigenvalue weighted by Gasteiger charge is 2.41. The van der Waals surface area contributed by atoms with Crippen LogP contribution in [-0.4, -0.2) is 10.8 Å². The van der Waals surface area contributed by atoms with E-state index in [1.54, 1.807) is 0 Å². The normalized spacial score (nSPS) is 14.8. The van der Waals surface area contributed by atoms with Gasteiger partial charge >= 0.3 is 30.9 Å². The zero-order valence-electron chi connectivity index (χ0n) is 24.6. The molecule has 0 atom stereocenters. The van der Waals surface area contributed by atoms with Gasteiger partial charge in [-0.25, -0.2) is 9.98 Å². The molecule has 51 heavy (non-hydrogen) atoms. The summed E-state index contributed by atoms with van der Waals surface area (Å²) in [6, 6.07) is 7.98. The maximum absolute atomic E-state index is 14.1. The highest BCUT2D eigenvalue weighted by Crippen LogP contribution is 2.47. The van der Waals surface area contributed by atoms with Crippen LogP contribution < -0.4 is 5.32 Å². The van der Waals surface area contributed by atoms with Crippen LogP contribution >= 0.6 is 0 Å². The van der Waals surface area contributed by atoms with Crippen LogP contribution in [0.2, 0.25) is 0 Å². The Kier molecular flexibility index (Phi) is 8.10. The lowest BCUT2D eigenvalue weighted by Gasteiger charge is -2.18. The van der Waals surface area contributed by atoms with Crippen LogP contribution in [0.3, 0.4) is 0 Å². The number of alkyl halides is 15. The zero-order valence-corrected chi connectivity index (χ0v) is 24.6. The first kappa shape index (κ1) is 35.5. The number of benzene rings is 4. The highest BCUT2D eigenvalue weighted by atomic mass is 19.4. The summed E-state index contributed by atoms with van der Waals surface area (Å²) in [6.45, 7) is 0. The molecule has 1 aliphatic rings. The summed E-state index contributed by atoms with van der Waals surface area (Å²) in [5, 5.41) is 2.94. The third-order valence-corrected chi connectivity index (χ3v) is 7.85. The van der Waals surface area contributed by atoms with Crippen molar-refractivity contribution in [1.82, 2.24) is 4.98 Å². The molecular formula is C33H14F15N3. The average Bonchev–Trinajstić information content (AvgIpc) is 3.37. The largest absolute Gasteiger partial charge is 0.417 e. The minimum absolute atomic E-state index is 0.0437. The maximum Gasteiger partial charge on any atom is 0.417 e. The molecule has 0 spiro atoms. The number of rotatable bonds is 3. The van der Waals surface area contributed by atoms with E-state index in [0.717, 1.165) is 6.07 Å². The molecule has 0 saturated heterocycles. The summed E-state index contributed by atoms with van der Waals surface area (Å²) >= 11 is 0. The highest BCUT2D eigenvalue weighted by molar-refractivity contribution is 6.28. The second kappa shape index (κ2) is 11.6. The van der Waals surface area contributed by atoms with Crippen molar-refractivity contribution in [1.29, 1.82) is 0 Å². The summed E-state index contributed by atoms with van der Waals surface area (Å²) in [5.74, 6) is -1.08. The number of hydrogen-bond acceptors (Lipinski definition) is 2. The third-order valence-electron chi connectivity index (χ3n) is 7.85. The van der Waals surface area contributed by atoms with Gasteiger partial charge in [0.25, 0.3) is 0 Å². The Morgan fingerprint density at radius 1 is 0.471 bits per heavy atom. The summed E-state index contributed by atoms with van der Waals surface area (Å²) in [6.07, 6.45) is -26.0. The van der Waals surface area contributed by atoms with Crippen LogP contribution in [0, 0.1) is 0 Å². The lowest BCUT2D eigenvalue weighted by molar-refractivity contribution is -0.144. The molecular weight excluding hydrogens is 723 g/mol. The molecule has 0 unspecified atom stereocenters. The summed E-state index contributed by atoms with van der Waals surface area (Å²) in [7, 11) is 0. The Hall–Kier alpha value is -5.29. The Balaban J connectivity index is 1.55. The molecule has 1 aliphatic heterocycles. The van der Waals surface area contributed by atoms with Crippen molar-refractivity contribution in [2.24, 2.45) is 4.99 Å². The Morgan fingerprint density at radius 3 is 1.49 bits per heavy atom. The molecule has 0 amide bonds. The fourth-order valence-electron chi connectivity index (χ4n) is 5.61. The van der Waals surface area contributed by atoms with Crippen LogP contribution in [-0.2, 0) is 30.9 Å². The van der Waals surface area contributed by atoms with Crippen LogP contribution in [0.25, 0.3) is 33.0 Å². The summed E-state index contributed by atoms with van der Waals surface area (Å²) in [4.78, 5) is 7.71. The Bertz CT molecular complexity index is 2220. The number of anilines is 1. The molecule has 5 aromatic rings. The molecule has 18 heteroatoms. The number of nitrogens with one attached hydrogen (secondary N) is 1. The van der Waals surface area contributed by atoms with Crippen LogP contribution in [0.1, 0.15) is 33.4 Å². The molecule has 0 fully saturated rings. The first-order valence-corrected chi connectivity index (χ1v) is 14.0. The van der Waals surface area contributed by atoms with E-state index in [1.165, 1.54) is 24.3 Å². The molecule has 6 rings (SSSR count). The van der Waals surface area contributed by atoms with E-state index in [9.17, 15) is 65.9 Å². The summed E-state index contributed by atoms with van der Waals surface area (Å²) in [5.41, 5.74) is -11.1. The van der Waals surface area contributed by atoms with Crippen molar-refractivity contribution >= 4 is 28.1 Å². The van der Waals surface area contributed by atoms with E-state index in [0.29, 0.717) is 18.2 Å². The van der Waals surface area contributed by atoms with E-state index < -0.39 is 81.2 Å². The molecule has 1 aromatic heterocycles. The number of amidine groups is 1. The van der Waals surface area contributed by atoms with Gasteiger partial charge in [-0.15, -0.1) is 0 Å². The van der Waals surface area contributed by atoms with E-state index in [1.807, 2.05) is 0 Å². The fourth-order valence-corrected chi connectivity index (χ4v) is 5.61. The number of hydrogen-bond donors (Lipinski definition) is 1. The van der Waals surface area contributed by atoms with Gasteiger partial charge in [0.05, 0.1) is 27.8 Å². The van der Waals surface area contributed by atoms with Crippen LogP contribution in [0.5, 0.6) is 0 Å². The molecule has 0 saturated carbocycles. The molecule has 1 N–H and O–H groups in total. The van der Waals surface area contributed by atoms with Gasteiger partial charge < -0.3 is 5.32 Å². The van der Waals surface area contributed by atoms with Gasteiger partial charge in [-0.05, 0) is 58.5 Å². The van der Waals surface area contributed by atoms with Crippen LogP contribution in [0.4, 0.5) is 77.4 Å². The van der Waals surface area contributed by atoms with Gasteiger partial charge in [-0.1, -0.05) is 36.4 Å². The second-order valence-electron chi connectivity index (χ2n) is 11.1. The zero-order chi connectivity index (χ0) is 37.5. The van der Waals surface area contributed by atoms with Gasteiger partial charge in [-0.3, -0.25) is 0 Å². The van der Waals surface area contributed by atoms with Gasteiger partial charge in [-0.2, -0.15) is 65.9 Å². The first-order chi connectivity index (χ1) is 23.4. The Labute approximate surface area is 275 Å². The van der Waals surface area contributed by atoms with Crippen molar-refractivity contribution < 1.29 is 65.9 Å². The molecule has 0 radical (unpaired) electrons. The molecule has 266 valence electrons. The predicted octanol–water partition coefficient (Wildman–Crippen LogP) is 12.2. The smallest absolute Gasteiger partial charge is 0.339 e. The standard InChI is InChI=1S/C33H14F15N3/c34-29(35,36)14-4-6-18(23(11-14)32(43,44)45)17-8-9-25-26-20(17)2-1-3-21(26)28(50-25)51-27-22(10-16(13-49-27)31(40,41)42)19-7-5-15(30(37,38)39)12-24(19)33(46,47)48/h1-13H,(H,49,50,51). The minimum Gasteiger partial charge on any atom is -0.339 e. The SMILES string of the molecule is FC(F)(F)c1cnc(N=C2Nc3ccc(-c4ccc(C(F)(F)F)cc4C(F)(F)F)c4cccc2c34)c(-c2ccc(C(F)(F)F)cc2C(F)(F)F)c1. The molecule has 4 aromatic carbocycles. The number of aromatic nitrogens is 1. The van der Waals surface area contributed by atoms with E-state index in [-0.39, 0.29) is 63.9 Å². The molecule has 3 nitrogen and oxygen atoms in total. The maximum atomic E-state index is 14.1. The second-order valence-corrected chi connectivity index (χ2v) is 11.1. The third kappa shape index (κ3) is 6.65. The van der Waals surface area contributed by atoms with E-state index in [2.05, 4.69) is 15.3 Å². The Morgan fingerprint density at radius 2 is 0.980 bits per heavy atom. The van der Waals surface area contributed by atoms with E-state index in [4.69, 9.17) is 0 Å². The number of nitrogens with zero attached hydrogens (tertiary/aromatic N) is 2. The number of halogens is 15. The quantitative estimate of drug-likeness (QED) is 0.187. The van der Waals surface area contributed by atoms with Gasteiger partial charge in [0.15, 0.2) is 5.82 Å². The van der Waals surface area contributed by atoms with Crippen molar-refractivity contribution in [2.75, 3.05) is 5.32 Å². The predicted molar refractivity (Wildman–Crippen MR) is 154 cm³/mol. The van der Waals surface area contributed by atoms with Crippen molar-refractivity contribution in [2.45, 2.75) is 30.9 Å². The van der Waals surface area contributed by atoms with Gasteiger partial charge in [0, 0.05) is 28.4 Å². The summed E-state index contributed by atoms with van der Waals surface area (Å²) < 4.78 is 205. The minimum atomic E-state index is -5.49. The van der Waals surface area contributed by atoms with Gasteiger partial charge in [0.2, 0.25) is 0 Å². The molecule has 0 bridgehead atoms. The number of aliphatic imine (C=N–C) groups is 1. The first-order valence-electron chi connectivity index (χ1n) is 14.0. The topological polar surface area (TPSA) is 37.3 Å². The van der Waals surface area contributed by atoms with Crippen molar-refractivity contribution in [3.05, 3.63) is 112 Å². The molecule has 2 heterocycles. The molecule has 0 aliphatic carbocycles. The van der Waals surface area contributed by atoms with Crippen molar-refractivity contribution in [3.8, 4) is 22.3 Å². The fraction of sp³-hybridized carbons (Fsp3) is 0.152. The van der Waals surface area contributed by atoms with Crippen molar-refractivity contribution in [3.63, 3.8) is 0 Å². The average molecular weight is 737 g/mol. The van der Waals surface area contributed by atoms with Crippen LogP contribution in [0.15, 0.2) is 84.0 Å². The number of pyridine rings is 1. The van der Waals surface area contributed by atoms with E-state index >= 15 is 0 Å². The lowest BCUT2D eigenvalue weighted by Crippen LogP contribution is -2.13. The monoisotopic (exact) mass is 737 g/mol.